The van der Waals surface area contributed by atoms with Gasteiger partial charge in [-0.05, 0) is 76.0 Å². The van der Waals surface area contributed by atoms with Crippen LogP contribution in [0.4, 0.5) is 0 Å². The first-order chi connectivity index (χ1) is 9.23. The molecule has 0 radical (unpaired) electrons. The Morgan fingerprint density at radius 3 is 2.35 bits per heavy atom. The molecule has 1 amide bonds. The van der Waals surface area contributed by atoms with Crippen molar-refractivity contribution in [3.05, 3.63) is 0 Å². The number of carbonyl (C=O) groups is 1. The first-order valence-electron chi connectivity index (χ1n) is 8.23. The van der Waals surface area contributed by atoms with Gasteiger partial charge in [-0.15, -0.1) is 0 Å². The van der Waals surface area contributed by atoms with Crippen LogP contribution in [-0.2, 0) is 4.79 Å². The van der Waals surface area contributed by atoms with E-state index in [0.29, 0.717) is 9.74 Å². The van der Waals surface area contributed by atoms with Crippen molar-refractivity contribution in [3.8, 4) is 0 Å². The van der Waals surface area contributed by atoms with Crippen molar-refractivity contribution in [2.45, 2.75) is 82.0 Å². The normalized spacial score (nSPS) is 42.8. The van der Waals surface area contributed by atoms with E-state index in [1.807, 2.05) is 0 Å². The van der Waals surface area contributed by atoms with Crippen molar-refractivity contribution < 1.29 is 4.79 Å². The smallest absolute Gasteiger partial charge is 0.220 e. The number of carbonyl (C=O) groups excluding carboxylic acids is 1. The zero-order valence-electron chi connectivity index (χ0n) is 13.1. The fourth-order valence-corrected chi connectivity index (χ4v) is 6.90. The van der Waals surface area contributed by atoms with Gasteiger partial charge in [0.25, 0.3) is 0 Å². The number of rotatable bonds is 4. The average molecular weight is 342 g/mol. The van der Waals surface area contributed by atoms with Gasteiger partial charge < -0.3 is 5.32 Å². The summed E-state index contributed by atoms with van der Waals surface area (Å²) in [5.41, 5.74) is 0.229. The quantitative estimate of drug-likeness (QED) is 0.753. The second-order valence-corrected chi connectivity index (χ2v) is 10.3. The lowest BCUT2D eigenvalue weighted by atomic mass is 9.48. The molecule has 4 fully saturated rings. The van der Waals surface area contributed by atoms with Gasteiger partial charge in [0.15, 0.2) is 0 Å². The van der Waals surface area contributed by atoms with Crippen molar-refractivity contribution in [2.24, 2.45) is 17.3 Å². The minimum absolute atomic E-state index is 0.0640. The van der Waals surface area contributed by atoms with Crippen LogP contribution in [0.1, 0.15) is 72.1 Å². The molecule has 0 aliphatic heterocycles. The summed E-state index contributed by atoms with van der Waals surface area (Å²) >= 11 is 4.03. The second-order valence-electron chi connectivity index (χ2n) is 8.57. The summed E-state index contributed by atoms with van der Waals surface area (Å²) in [5.74, 6) is 2.00. The topological polar surface area (TPSA) is 29.1 Å². The molecule has 2 nitrogen and oxygen atoms in total. The maximum absolute atomic E-state index is 12.5. The Morgan fingerprint density at radius 2 is 1.85 bits per heavy atom. The molecule has 0 saturated heterocycles. The summed E-state index contributed by atoms with van der Waals surface area (Å²) in [7, 11) is 0. The Kier molecular flexibility index (Phi) is 3.51. The number of amides is 1. The molecule has 0 spiro atoms. The van der Waals surface area contributed by atoms with Crippen molar-refractivity contribution in [1.82, 2.24) is 5.32 Å². The Labute approximate surface area is 131 Å². The van der Waals surface area contributed by atoms with Crippen LogP contribution in [0.15, 0.2) is 0 Å². The molecule has 4 aliphatic rings. The highest BCUT2D eigenvalue weighted by atomic mass is 79.9. The van der Waals surface area contributed by atoms with Crippen LogP contribution in [-0.4, -0.2) is 15.8 Å². The number of hydrogen-bond donors (Lipinski definition) is 1. The largest absolute Gasteiger partial charge is 0.351 e. The third kappa shape index (κ3) is 2.80. The lowest BCUT2D eigenvalue weighted by Gasteiger charge is -2.60. The molecule has 4 bridgehead atoms. The van der Waals surface area contributed by atoms with Crippen LogP contribution in [0.2, 0.25) is 0 Å². The van der Waals surface area contributed by atoms with Crippen LogP contribution >= 0.6 is 15.9 Å². The van der Waals surface area contributed by atoms with E-state index in [-0.39, 0.29) is 11.4 Å². The van der Waals surface area contributed by atoms with Gasteiger partial charge in [-0.1, -0.05) is 22.9 Å². The lowest BCUT2D eigenvalue weighted by molar-refractivity contribution is -0.129. The van der Waals surface area contributed by atoms with Gasteiger partial charge in [0.1, 0.15) is 0 Å². The van der Waals surface area contributed by atoms with Crippen LogP contribution < -0.4 is 5.32 Å². The zero-order chi connectivity index (χ0) is 14.6. The Bertz CT molecular complexity index is 403. The van der Waals surface area contributed by atoms with Gasteiger partial charge in [0.2, 0.25) is 5.91 Å². The number of halogens is 1. The first kappa shape index (κ1) is 14.9. The molecular weight excluding hydrogens is 314 g/mol. The molecule has 0 aromatic heterocycles. The summed E-state index contributed by atoms with van der Waals surface area (Å²) in [6, 6.07) is 0. The highest BCUT2D eigenvalue weighted by Crippen LogP contribution is 2.65. The molecule has 4 saturated carbocycles. The van der Waals surface area contributed by atoms with Crippen molar-refractivity contribution in [3.63, 3.8) is 0 Å². The molecule has 0 aromatic carbocycles. The maximum atomic E-state index is 12.5. The number of hydrogen-bond acceptors (Lipinski definition) is 1. The van der Waals surface area contributed by atoms with Crippen LogP contribution in [0.3, 0.4) is 0 Å². The highest BCUT2D eigenvalue weighted by Gasteiger charge is 2.57. The monoisotopic (exact) mass is 341 g/mol. The van der Waals surface area contributed by atoms with E-state index >= 15 is 0 Å². The van der Waals surface area contributed by atoms with Crippen molar-refractivity contribution in [2.75, 3.05) is 0 Å². The zero-order valence-corrected chi connectivity index (χ0v) is 14.7. The molecule has 1 N–H and O–H groups in total. The molecule has 0 aromatic rings. The Balaban J connectivity index is 1.69. The molecular formula is C17H28BrNO. The third-order valence-corrected chi connectivity index (χ3v) is 6.94. The van der Waals surface area contributed by atoms with Crippen LogP contribution in [0.5, 0.6) is 0 Å². The molecule has 4 aliphatic carbocycles. The van der Waals surface area contributed by atoms with E-state index in [9.17, 15) is 4.79 Å². The minimum Gasteiger partial charge on any atom is -0.351 e. The molecule has 114 valence electrons. The van der Waals surface area contributed by atoms with E-state index in [2.05, 4.69) is 42.0 Å². The standard InChI is InChI=1S/C17H28BrNO/c1-4-15(2,3)19-14(20)10-16-6-12-5-13(7-16)9-17(18,8-12)11-16/h12-13H,4-11H2,1-3H3,(H,19,20)/t12-,13+,16?,17?. The van der Waals surface area contributed by atoms with Gasteiger partial charge in [-0.3, -0.25) is 4.79 Å². The molecule has 4 atom stereocenters. The van der Waals surface area contributed by atoms with Crippen molar-refractivity contribution >= 4 is 21.8 Å². The molecule has 20 heavy (non-hydrogen) atoms. The van der Waals surface area contributed by atoms with Crippen LogP contribution in [0, 0.1) is 17.3 Å². The van der Waals surface area contributed by atoms with Gasteiger partial charge in [0.05, 0.1) is 0 Å². The number of nitrogens with one attached hydrogen (secondary N) is 1. The minimum atomic E-state index is -0.0640. The molecule has 2 unspecified atom stereocenters. The SMILES string of the molecule is CCC(C)(C)NC(=O)CC12C[C@@H]3C[C@@H](CC(Br)(C3)C1)C2. The van der Waals surface area contributed by atoms with Gasteiger partial charge in [0, 0.05) is 16.3 Å². The highest BCUT2D eigenvalue weighted by molar-refractivity contribution is 9.10. The summed E-state index contributed by atoms with van der Waals surface area (Å²) in [5, 5.41) is 3.24. The van der Waals surface area contributed by atoms with Gasteiger partial charge >= 0.3 is 0 Å². The maximum Gasteiger partial charge on any atom is 0.220 e. The molecule has 0 heterocycles. The van der Waals surface area contributed by atoms with E-state index in [4.69, 9.17) is 0 Å². The van der Waals surface area contributed by atoms with Crippen LogP contribution in [0.25, 0.3) is 0 Å². The number of alkyl halides is 1. The van der Waals surface area contributed by atoms with E-state index in [1.165, 1.54) is 38.5 Å². The molecule has 4 rings (SSSR count). The van der Waals surface area contributed by atoms with E-state index in [0.717, 1.165) is 24.7 Å². The fraction of sp³-hybridized carbons (Fsp3) is 0.941. The molecule has 3 heteroatoms. The van der Waals surface area contributed by atoms with Gasteiger partial charge in [-0.2, -0.15) is 0 Å². The second kappa shape index (κ2) is 4.72. The summed E-state index contributed by atoms with van der Waals surface area (Å²) < 4.78 is 0.359. The van der Waals surface area contributed by atoms with Gasteiger partial charge in [-0.25, -0.2) is 0 Å². The summed E-state index contributed by atoms with van der Waals surface area (Å²) in [6.45, 7) is 6.38. The first-order valence-corrected chi connectivity index (χ1v) is 9.02. The lowest BCUT2D eigenvalue weighted by Crippen LogP contribution is -2.55. The predicted octanol–water partition coefficient (Wildman–Crippen LogP) is 4.42. The average Bonchev–Trinajstić information content (AvgIpc) is 2.23. The summed E-state index contributed by atoms with van der Waals surface area (Å²) in [6.07, 6.45) is 9.62. The predicted molar refractivity (Wildman–Crippen MR) is 85.9 cm³/mol. The Hall–Kier alpha value is -0.0500. The van der Waals surface area contributed by atoms with Crippen molar-refractivity contribution in [1.29, 1.82) is 0 Å². The van der Waals surface area contributed by atoms with E-state index < -0.39 is 0 Å². The Morgan fingerprint density at radius 1 is 1.25 bits per heavy atom. The third-order valence-electron chi connectivity index (χ3n) is 6.01. The fourth-order valence-electron chi connectivity index (χ4n) is 5.39. The summed E-state index contributed by atoms with van der Waals surface area (Å²) in [4.78, 5) is 12.5. The van der Waals surface area contributed by atoms with E-state index in [1.54, 1.807) is 0 Å².